The van der Waals surface area contributed by atoms with Gasteiger partial charge >= 0.3 is 0 Å². The van der Waals surface area contributed by atoms with E-state index in [0.717, 1.165) is 17.5 Å². The number of aliphatic imine (C=N–C) groups is 1. The molecule has 2 aromatic carbocycles. The highest BCUT2D eigenvalue weighted by Crippen LogP contribution is 2.10. The third kappa shape index (κ3) is 3.63. The topological polar surface area (TPSA) is 52.8 Å². The van der Waals surface area contributed by atoms with E-state index >= 15 is 0 Å². The first kappa shape index (κ1) is 12.2. The van der Waals surface area contributed by atoms with Crippen molar-refractivity contribution in [1.29, 1.82) is 0 Å². The third-order valence-electron chi connectivity index (χ3n) is 2.60. The number of phenolic OH excluding ortho intramolecular Hbond substituents is 2. The molecule has 0 saturated carbocycles. The molecule has 0 radical (unpaired) electrons. The Balaban J connectivity index is 1.84. The zero-order valence-corrected chi connectivity index (χ0v) is 9.95. The summed E-state index contributed by atoms with van der Waals surface area (Å²) < 4.78 is 0. The lowest BCUT2D eigenvalue weighted by molar-refractivity contribution is 0.474. The zero-order chi connectivity index (χ0) is 12.8. The maximum atomic E-state index is 9.15. The van der Waals surface area contributed by atoms with E-state index < -0.39 is 0 Å². The lowest BCUT2D eigenvalue weighted by Crippen LogP contribution is -1.90. The van der Waals surface area contributed by atoms with Crippen molar-refractivity contribution in [2.75, 3.05) is 6.54 Å². The summed E-state index contributed by atoms with van der Waals surface area (Å²) in [6.45, 7) is 0.700. The molecule has 0 unspecified atom stereocenters. The Bertz CT molecular complexity index is 515. The van der Waals surface area contributed by atoms with Crippen molar-refractivity contribution in [2.45, 2.75) is 6.42 Å². The summed E-state index contributed by atoms with van der Waals surface area (Å²) in [6.07, 6.45) is 2.63. The summed E-state index contributed by atoms with van der Waals surface area (Å²) in [5.41, 5.74) is 2.12. The van der Waals surface area contributed by atoms with Crippen LogP contribution in [0, 0.1) is 0 Å². The van der Waals surface area contributed by atoms with Crippen LogP contribution in [0.3, 0.4) is 0 Å². The van der Waals surface area contributed by atoms with Gasteiger partial charge in [-0.1, -0.05) is 12.1 Å². The van der Waals surface area contributed by atoms with E-state index in [0.29, 0.717) is 6.54 Å². The van der Waals surface area contributed by atoms with Gasteiger partial charge in [0.2, 0.25) is 0 Å². The lowest BCUT2D eigenvalue weighted by atomic mass is 10.1. The standard InChI is InChI=1S/C15H15NO2/c17-14-5-1-12(2-6-14)9-10-16-11-13-3-7-15(18)8-4-13/h1-8,11,17-18H,9-10H2. The highest BCUT2D eigenvalue weighted by atomic mass is 16.3. The molecule has 0 aliphatic heterocycles. The summed E-state index contributed by atoms with van der Waals surface area (Å²) in [6, 6.07) is 14.1. The Morgan fingerprint density at radius 2 is 1.39 bits per heavy atom. The molecule has 0 heterocycles. The van der Waals surface area contributed by atoms with Gasteiger partial charge in [-0.2, -0.15) is 0 Å². The van der Waals surface area contributed by atoms with Crippen LogP contribution in [0.5, 0.6) is 11.5 Å². The Morgan fingerprint density at radius 1 is 0.833 bits per heavy atom. The highest BCUT2D eigenvalue weighted by Gasteiger charge is 1.92. The predicted molar refractivity (Wildman–Crippen MR) is 72.4 cm³/mol. The molecule has 2 aromatic rings. The van der Waals surface area contributed by atoms with Crippen LogP contribution in [0.25, 0.3) is 0 Å². The number of hydrogen-bond acceptors (Lipinski definition) is 3. The van der Waals surface area contributed by atoms with Crippen molar-refractivity contribution in [2.24, 2.45) is 4.99 Å². The molecular weight excluding hydrogens is 226 g/mol. The van der Waals surface area contributed by atoms with Gasteiger partial charge < -0.3 is 10.2 Å². The van der Waals surface area contributed by atoms with E-state index in [4.69, 9.17) is 10.2 Å². The molecule has 0 saturated heterocycles. The maximum absolute atomic E-state index is 9.15. The van der Waals surface area contributed by atoms with Crippen LogP contribution in [-0.2, 0) is 6.42 Å². The summed E-state index contributed by atoms with van der Waals surface area (Å²) in [4.78, 5) is 4.32. The van der Waals surface area contributed by atoms with Gasteiger partial charge in [0.15, 0.2) is 0 Å². The normalized spacial score (nSPS) is 10.9. The molecule has 2 N–H and O–H groups in total. The minimum Gasteiger partial charge on any atom is -0.508 e. The number of benzene rings is 2. The summed E-state index contributed by atoms with van der Waals surface area (Å²) >= 11 is 0. The Hall–Kier alpha value is -2.29. The van der Waals surface area contributed by atoms with Crippen LogP contribution >= 0.6 is 0 Å². The van der Waals surface area contributed by atoms with Crippen LogP contribution in [-0.4, -0.2) is 23.0 Å². The van der Waals surface area contributed by atoms with Crippen LogP contribution < -0.4 is 0 Å². The second kappa shape index (κ2) is 5.87. The van der Waals surface area contributed by atoms with Crippen molar-refractivity contribution in [3.63, 3.8) is 0 Å². The molecule has 3 heteroatoms. The second-order valence-corrected chi connectivity index (χ2v) is 4.04. The zero-order valence-electron chi connectivity index (χ0n) is 9.95. The van der Waals surface area contributed by atoms with E-state index in [1.54, 1.807) is 30.5 Å². The first-order valence-electron chi connectivity index (χ1n) is 5.81. The van der Waals surface area contributed by atoms with Crippen molar-refractivity contribution >= 4 is 6.21 Å². The number of nitrogens with zero attached hydrogens (tertiary/aromatic N) is 1. The fourth-order valence-corrected chi connectivity index (χ4v) is 1.59. The quantitative estimate of drug-likeness (QED) is 0.809. The fraction of sp³-hybridized carbons (Fsp3) is 0.133. The SMILES string of the molecule is Oc1ccc(C=NCCc2ccc(O)cc2)cc1. The van der Waals surface area contributed by atoms with Gasteiger partial charge in [-0.3, -0.25) is 4.99 Å². The fourth-order valence-electron chi connectivity index (χ4n) is 1.59. The average Bonchev–Trinajstić information content (AvgIpc) is 2.39. The maximum Gasteiger partial charge on any atom is 0.115 e. The van der Waals surface area contributed by atoms with Crippen molar-refractivity contribution in [1.82, 2.24) is 0 Å². The van der Waals surface area contributed by atoms with E-state index in [1.807, 2.05) is 24.3 Å². The minimum atomic E-state index is 0.260. The highest BCUT2D eigenvalue weighted by molar-refractivity contribution is 5.79. The van der Waals surface area contributed by atoms with Gasteiger partial charge in [0.25, 0.3) is 0 Å². The van der Waals surface area contributed by atoms with Crippen LogP contribution in [0.4, 0.5) is 0 Å². The molecule has 0 atom stereocenters. The van der Waals surface area contributed by atoms with Crippen molar-refractivity contribution < 1.29 is 10.2 Å². The van der Waals surface area contributed by atoms with Gasteiger partial charge in [-0.15, -0.1) is 0 Å². The molecule has 0 spiro atoms. The summed E-state index contributed by atoms with van der Waals surface area (Å²) in [7, 11) is 0. The monoisotopic (exact) mass is 241 g/mol. The molecule has 0 amide bonds. The van der Waals surface area contributed by atoms with Gasteiger partial charge in [-0.25, -0.2) is 0 Å². The Morgan fingerprint density at radius 3 is 2.00 bits per heavy atom. The van der Waals surface area contributed by atoms with Crippen LogP contribution in [0.1, 0.15) is 11.1 Å². The lowest BCUT2D eigenvalue weighted by Gasteiger charge is -1.98. The van der Waals surface area contributed by atoms with Gasteiger partial charge in [0, 0.05) is 12.8 Å². The number of hydrogen-bond donors (Lipinski definition) is 2. The second-order valence-electron chi connectivity index (χ2n) is 4.04. The first-order chi connectivity index (χ1) is 8.74. The molecule has 3 nitrogen and oxygen atoms in total. The molecule has 2 rings (SSSR count). The number of aromatic hydroxyl groups is 2. The van der Waals surface area contributed by atoms with Crippen LogP contribution in [0.2, 0.25) is 0 Å². The molecule has 0 aromatic heterocycles. The predicted octanol–water partition coefficient (Wildman–Crippen LogP) is 2.76. The van der Waals surface area contributed by atoms with Gasteiger partial charge in [0.1, 0.15) is 11.5 Å². The smallest absolute Gasteiger partial charge is 0.115 e. The first-order valence-corrected chi connectivity index (χ1v) is 5.81. The number of rotatable bonds is 4. The third-order valence-corrected chi connectivity index (χ3v) is 2.60. The molecule has 0 aliphatic rings. The van der Waals surface area contributed by atoms with Gasteiger partial charge in [0.05, 0.1) is 0 Å². The minimum absolute atomic E-state index is 0.260. The summed E-state index contributed by atoms with van der Waals surface area (Å²) in [5, 5.41) is 18.3. The van der Waals surface area contributed by atoms with E-state index in [-0.39, 0.29) is 11.5 Å². The molecule has 0 aliphatic carbocycles. The van der Waals surface area contributed by atoms with E-state index in [9.17, 15) is 0 Å². The van der Waals surface area contributed by atoms with Crippen LogP contribution in [0.15, 0.2) is 53.5 Å². The Kier molecular flexibility index (Phi) is 3.97. The summed E-state index contributed by atoms with van der Waals surface area (Å²) in [5.74, 6) is 0.544. The number of phenols is 2. The van der Waals surface area contributed by atoms with Gasteiger partial charge in [-0.05, 0) is 53.9 Å². The Labute approximate surface area is 106 Å². The van der Waals surface area contributed by atoms with E-state index in [2.05, 4.69) is 4.99 Å². The molecule has 0 bridgehead atoms. The van der Waals surface area contributed by atoms with Crippen molar-refractivity contribution in [3.8, 4) is 11.5 Å². The molecule has 18 heavy (non-hydrogen) atoms. The molecule has 92 valence electrons. The molecule has 0 fully saturated rings. The van der Waals surface area contributed by atoms with Crippen molar-refractivity contribution in [3.05, 3.63) is 59.7 Å². The van der Waals surface area contributed by atoms with E-state index in [1.165, 1.54) is 0 Å². The molecular formula is C15H15NO2. The average molecular weight is 241 g/mol. The largest absolute Gasteiger partial charge is 0.508 e.